The lowest BCUT2D eigenvalue weighted by Crippen LogP contribution is -2.46. The predicted molar refractivity (Wildman–Crippen MR) is 78.9 cm³/mol. The van der Waals surface area contributed by atoms with Crippen molar-refractivity contribution >= 4 is 23.2 Å². The molecule has 1 aromatic rings. The molecule has 7 heteroatoms. The lowest BCUT2D eigenvalue weighted by Gasteiger charge is -2.22. The normalized spacial score (nSPS) is 20.8. The van der Waals surface area contributed by atoms with Crippen LogP contribution in [0.1, 0.15) is 24.6 Å². The van der Waals surface area contributed by atoms with Gasteiger partial charge in [-0.2, -0.15) is 0 Å². The fourth-order valence-electron chi connectivity index (χ4n) is 2.10. The molecule has 1 fully saturated rings. The summed E-state index contributed by atoms with van der Waals surface area (Å²) in [6.45, 7) is 2.63. The molecule has 6 nitrogen and oxygen atoms in total. The molecule has 1 saturated heterocycles. The van der Waals surface area contributed by atoms with E-state index in [9.17, 15) is 14.7 Å². The van der Waals surface area contributed by atoms with Gasteiger partial charge in [-0.3, -0.25) is 9.59 Å². The van der Waals surface area contributed by atoms with E-state index in [-0.39, 0.29) is 12.6 Å². The Bertz CT molecular complexity index is 481. The third-order valence-electron chi connectivity index (χ3n) is 3.37. The molecular formula is C14H20N2O4S. The van der Waals surface area contributed by atoms with E-state index in [0.717, 1.165) is 17.7 Å². The van der Waals surface area contributed by atoms with Gasteiger partial charge in [0.05, 0.1) is 12.6 Å². The molecule has 2 amide bonds. The van der Waals surface area contributed by atoms with Gasteiger partial charge in [0.1, 0.15) is 5.60 Å². The van der Waals surface area contributed by atoms with Crippen molar-refractivity contribution in [3.05, 3.63) is 22.4 Å². The minimum atomic E-state index is -1.18. The first-order chi connectivity index (χ1) is 9.99. The second-order valence-corrected chi connectivity index (χ2v) is 6.23. The quantitative estimate of drug-likeness (QED) is 0.685. The summed E-state index contributed by atoms with van der Waals surface area (Å²) in [6.07, 6.45) is 1.88. The van der Waals surface area contributed by atoms with Crippen LogP contribution in [0.5, 0.6) is 0 Å². The van der Waals surface area contributed by atoms with Crippen LogP contribution in [0, 0.1) is 0 Å². The van der Waals surface area contributed by atoms with Crippen LogP contribution >= 0.6 is 11.3 Å². The van der Waals surface area contributed by atoms with Crippen LogP contribution in [-0.2, 0) is 19.9 Å². The number of hydrogen-bond donors (Lipinski definition) is 3. The lowest BCUT2D eigenvalue weighted by molar-refractivity contribution is -0.140. The van der Waals surface area contributed by atoms with E-state index < -0.39 is 17.4 Å². The van der Waals surface area contributed by atoms with Gasteiger partial charge in [0, 0.05) is 18.0 Å². The molecule has 0 spiro atoms. The summed E-state index contributed by atoms with van der Waals surface area (Å²) in [4.78, 5) is 24.1. The Balaban J connectivity index is 1.74. The highest BCUT2D eigenvalue weighted by atomic mass is 32.1. The summed E-state index contributed by atoms with van der Waals surface area (Å²) < 4.78 is 5.36. The zero-order chi connectivity index (χ0) is 15.3. The van der Waals surface area contributed by atoms with Gasteiger partial charge in [0.2, 0.25) is 0 Å². The standard InChI is InChI=1S/C14H20N2O4S/c1-14(19,11-5-3-7-21-11)9-16-13(18)12(17)15-8-10-4-2-6-20-10/h3,5,7,10,19H,2,4,6,8-9H2,1H3,(H,15,17)(H,16,18)/t10-,14-/m0/s1. The highest BCUT2D eigenvalue weighted by molar-refractivity contribution is 7.10. The zero-order valence-electron chi connectivity index (χ0n) is 11.9. The summed E-state index contributed by atoms with van der Waals surface area (Å²) in [6, 6.07) is 3.61. The summed E-state index contributed by atoms with van der Waals surface area (Å²) in [5, 5.41) is 17.1. The number of nitrogens with one attached hydrogen (secondary N) is 2. The molecule has 3 N–H and O–H groups in total. The van der Waals surface area contributed by atoms with Gasteiger partial charge in [0.15, 0.2) is 0 Å². The average molecular weight is 312 g/mol. The van der Waals surface area contributed by atoms with E-state index in [1.165, 1.54) is 11.3 Å². The Morgan fingerprint density at radius 1 is 1.48 bits per heavy atom. The van der Waals surface area contributed by atoms with Crippen LogP contribution in [0.3, 0.4) is 0 Å². The van der Waals surface area contributed by atoms with Crippen LogP contribution in [0.15, 0.2) is 17.5 Å². The highest BCUT2D eigenvalue weighted by Crippen LogP contribution is 2.24. The molecular weight excluding hydrogens is 292 g/mol. The third-order valence-corrected chi connectivity index (χ3v) is 4.49. The molecule has 1 aliphatic heterocycles. The number of hydrogen-bond acceptors (Lipinski definition) is 5. The molecule has 1 aliphatic rings. The Kier molecular flexibility index (Phi) is 5.33. The largest absolute Gasteiger partial charge is 0.383 e. The molecule has 0 saturated carbocycles. The number of amides is 2. The SMILES string of the molecule is C[C@](O)(CNC(=O)C(=O)NC[C@@H]1CCCO1)c1cccs1. The second kappa shape index (κ2) is 7.02. The molecule has 116 valence electrons. The lowest BCUT2D eigenvalue weighted by atomic mass is 10.1. The maximum atomic E-state index is 11.7. The highest BCUT2D eigenvalue weighted by Gasteiger charge is 2.26. The van der Waals surface area contributed by atoms with Crippen LogP contribution in [0.25, 0.3) is 0 Å². The maximum Gasteiger partial charge on any atom is 0.309 e. The first-order valence-corrected chi connectivity index (χ1v) is 7.81. The smallest absolute Gasteiger partial charge is 0.309 e. The van der Waals surface area contributed by atoms with Crippen molar-refractivity contribution in [1.29, 1.82) is 0 Å². The first-order valence-electron chi connectivity index (χ1n) is 6.93. The Morgan fingerprint density at radius 2 is 2.24 bits per heavy atom. The van der Waals surface area contributed by atoms with Crippen LogP contribution < -0.4 is 10.6 Å². The molecule has 2 heterocycles. The van der Waals surface area contributed by atoms with Crippen molar-refractivity contribution in [3.63, 3.8) is 0 Å². The average Bonchev–Trinajstić information content (AvgIpc) is 3.14. The molecule has 2 atom stereocenters. The fourth-order valence-corrected chi connectivity index (χ4v) is 2.88. The molecule has 0 radical (unpaired) electrons. The molecule has 0 unspecified atom stereocenters. The fraction of sp³-hybridized carbons (Fsp3) is 0.571. The van der Waals surface area contributed by atoms with Gasteiger partial charge in [-0.15, -0.1) is 11.3 Å². The van der Waals surface area contributed by atoms with Crippen molar-refractivity contribution in [2.75, 3.05) is 19.7 Å². The summed E-state index contributed by atoms with van der Waals surface area (Å²) in [5.41, 5.74) is -1.18. The van der Waals surface area contributed by atoms with E-state index in [1.807, 2.05) is 11.4 Å². The van der Waals surface area contributed by atoms with E-state index >= 15 is 0 Å². The van der Waals surface area contributed by atoms with Crippen molar-refractivity contribution < 1.29 is 19.4 Å². The third kappa shape index (κ3) is 4.52. The minimum Gasteiger partial charge on any atom is -0.383 e. The number of aliphatic hydroxyl groups is 1. The van der Waals surface area contributed by atoms with Crippen LogP contribution in [0.2, 0.25) is 0 Å². The topological polar surface area (TPSA) is 87.7 Å². The van der Waals surface area contributed by atoms with Crippen molar-refractivity contribution in [2.24, 2.45) is 0 Å². The zero-order valence-corrected chi connectivity index (χ0v) is 12.7. The van der Waals surface area contributed by atoms with Crippen molar-refractivity contribution in [2.45, 2.75) is 31.5 Å². The number of carbonyl (C=O) groups is 2. The molecule has 0 bridgehead atoms. The first kappa shape index (κ1) is 15.9. The number of carbonyl (C=O) groups excluding carboxylic acids is 2. The molecule has 21 heavy (non-hydrogen) atoms. The Morgan fingerprint density at radius 3 is 2.86 bits per heavy atom. The van der Waals surface area contributed by atoms with E-state index in [0.29, 0.717) is 13.2 Å². The van der Waals surface area contributed by atoms with Crippen molar-refractivity contribution in [1.82, 2.24) is 10.6 Å². The van der Waals surface area contributed by atoms with Crippen molar-refractivity contribution in [3.8, 4) is 0 Å². The Hall–Kier alpha value is -1.44. The molecule has 0 aliphatic carbocycles. The number of rotatable bonds is 5. The second-order valence-electron chi connectivity index (χ2n) is 5.28. The van der Waals surface area contributed by atoms with E-state index in [2.05, 4.69) is 10.6 Å². The summed E-state index contributed by atoms with van der Waals surface area (Å²) in [5.74, 6) is -1.45. The maximum absolute atomic E-state index is 11.7. The molecule has 0 aromatic carbocycles. The minimum absolute atomic E-state index is 0.00373. The van der Waals surface area contributed by atoms with Gasteiger partial charge < -0.3 is 20.5 Å². The van der Waals surface area contributed by atoms with E-state index in [1.54, 1.807) is 13.0 Å². The van der Waals surface area contributed by atoms with Gasteiger partial charge in [0.25, 0.3) is 0 Å². The molecule has 1 aromatic heterocycles. The number of ether oxygens (including phenoxy) is 1. The Labute approximate surface area is 127 Å². The predicted octanol–water partition coefficient (Wildman–Crippen LogP) is 0.367. The summed E-state index contributed by atoms with van der Waals surface area (Å²) >= 11 is 1.40. The summed E-state index contributed by atoms with van der Waals surface area (Å²) in [7, 11) is 0. The van der Waals surface area contributed by atoms with Gasteiger partial charge in [-0.1, -0.05) is 6.07 Å². The van der Waals surface area contributed by atoms with Gasteiger partial charge in [-0.05, 0) is 31.2 Å². The van der Waals surface area contributed by atoms with Crippen LogP contribution in [-0.4, -0.2) is 42.7 Å². The van der Waals surface area contributed by atoms with E-state index in [4.69, 9.17) is 4.74 Å². The number of thiophene rings is 1. The molecule has 2 rings (SSSR count). The van der Waals surface area contributed by atoms with Gasteiger partial charge >= 0.3 is 11.8 Å². The monoisotopic (exact) mass is 312 g/mol. The van der Waals surface area contributed by atoms with Crippen LogP contribution in [0.4, 0.5) is 0 Å². The van der Waals surface area contributed by atoms with Gasteiger partial charge in [-0.25, -0.2) is 0 Å².